The number of ketones is 2. The fourth-order valence-corrected chi connectivity index (χ4v) is 12.6. The topological polar surface area (TPSA) is 103 Å². The van der Waals surface area contributed by atoms with Crippen LogP contribution in [-0.4, -0.2) is 31.4 Å². The molecule has 7 nitrogen and oxygen atoms in total. The second kappa shape index (κ2) is 10.6. The third kappa shape index (κ3) is 4.79. The van der Waals surface area contributed by atoms with E-state index in [0.29, 0.717) is 12.2 Å². The lowest BCUT2D eigenvalue weighted by Crippen LogP contribution is -2.69. The first kappa shape index (κ1) is 33.1. The number of rotatable bonds is 7. The summed E-state index contributed by atoms with van der Waals surface area (Å²) in [5.74, 6) is 0.388. The standard InChI is InChI=1S/C35H54NO6P/c1-10-40-43(39,41-11-2)42-22-35-16-14-30(3,4)20-24(35)28-25(37)18-27-32(7)19-23(21-36)29(38)31(5,6)26(32)12-13-33(27,8)34(28,9)15-17-35/h19,24,26-28H,10-18,20,22H2,1-9H3/t24?,26-,27+,28+,32-,33+,34+,35+/m0/s1. The largest absolute Gasteiger partial charge is 0.474 e. The number of phosphoric acid groups is 1. The first-order valence-electron chi connectivity index (χ1n) is 16.6. The molecule has 43 heavy (non-hydrogen) atoms. The van der Waals surface area contributed by atoms with Crippen molar-refractivity contribution in [1.82, 2.24) is 0 Å². The normalized spacial score (nSPS) is 43.4. The van der Waals surface area contributed by atoms with Crippen molar-refractivity contribution in [2.45, 2.75) is 114 Å². The molecule has 0 heterocycles. The highest BCUT2D eigenvalue weighted by Gasteiger charge is 2.72. The van der Waals surface area contributed by atoms with Gasteiger partial charge in [-0.1, -0.05) is 54.5 Å². The van der Waals surface area contributed by atoms with Crippen molar-refractivity contribution in [2.24, 2.45) is 56.2 Å². The van der Waals surface area contributed by atoms with Gasteiger partial charge in [0.1, 0.15) is 11.9 Å². The van der Waals surface area contributed by atoms with E-state index in [2.05, 4.69) is 40.7 Å². The van der Waals surface area contributed by atoms with Crippen LogP contribution in [0.15, 0.2) is 11.6 Å². The van der Waals surface area contributed by atoms with Crippen LogP contribution in [0, 0.1) is 67.5 Å². The van der Waals surface area contributed by atoms with Gasteiger partial charge in [0.05, 0.1) is 25.4 Å². The molecule has 5 aliphatic carbocycles. The summed E-state index contributed by atoms with van der Waals surface area (Å²) in [4.78, 5) is 28.1. The Kier molecular flexibility index (Phi) is 8.16. The fraction of sp³-hybridized carbons (Fsp3) is 0.857. The Morgan fingerprint density at radius 2 is 1.51 bits per heavy atom. The minimum atomic E-state index is -3.69. The van der Waals surface area contributed by atoms with Crippen LogP contribution in [0.2, 0.25) is 0 Å². The Morgan fingerprint density at radius 3 is 2.12 bits per heavy atom. The summed E-state index contributed by atoms with van der Waals surface area (Å²) in [5.41, 5.74) is -1.34. The third-order valence-electron chi connectivity index (χ3n) is 13.7. The second-order valence-electron chi connectivity index (χ2n) is 16.6. The summed E-state index contributed by atoms with van der Waals surface area (Å²) in [6, 6.07) is 2.22. The molecule has 0 aromatic carbocycles. The molecule has 1 unspecified atom stereocenters. The van der Waals surface area contributed by atoms with E-state index < -0.39 is 18.7 Å². The summed E-state index contributed by atoms with van der Waals surface area (Å²) in [7, 11) is -3.69. The Hall–Kier alpha value is -1.32. The van der Waals surface area contributed by atoms with Gasteiger partial charge in [-0.05, 0) is 104 Å². The molecule has 0 aliphatic heterocycles. The van der Waals surface area contributed by atoms with Gasteiger partial charge in [0.25, 0.3) is 0 Å². The Morgan fingerprint density at radius 1 is 0.884 bits per heavy atom. The van der Waals surface area contributed by atoms with Crippen LogP contribution in [0.4, 0.5) is 0 Å². The molecule has 4 fully saturated rings. The summed E-state index contributed by atoms with van der Waals surface area (Å²) in [5, 5.41) is 9.97. The number of fused-ring (bicyclic) bond motifs is 7. The molecule has 0 aromatic heterocycles. The van der Waals surface area contributed by atoms with Crippen molar-refractivity contribution in [2.75, 3.05) is 19.8 Å². The lowest BCUT2D eigenvalue weighted by Gasteiger charge is -2.72. The molecular weight excluding hydrogens is 561 g/mol. The highest BCUT2D eigenvalue weighted by molar-refractivity contribution is 7.48. The van der Waals surface area contributed by atoms with Gasteiger partial charge in [0.15, 0.2) is 5.78 Å². The van der Waals surface area contributed by atoms with Crippen molar-refractivity contribution in [1.29, 1.82) is 5.26 Å². The number of hydrogen-bond acceptors (Lipinski definition) is 7. The fourth-order valence-electron chi connectivity index (χ4n) is 11.3. The molecule has 0 amide bonds. The van der Waals surface area contributed by atoms with Crippen molar-refractivity contribution < 1.29 is 27.7 Å². The molecule has 0 radical (unpaired) electrons. The van der Waals surface area contributed by atoms with Gasteiger partial charge in [0, 0.05) is 17.8 Å². The number of hydrogen-bond donors (Lipinski definition) is 0. The number of allylic oxidation sites excluding steroid dienone is 2. The van der Waals surface area contributed by atoms with Crippen LogP contribution >= 0.6 is 7.82 Å². The average molecular weight is 616 g/mol. The quantitative estimate of drug-likeness (QED) is 0.265. The number of nitrogens with zero attached hydrogens (tertiary/aromatic N) is 1. The summed E-state index contributed by atoms with van der Waals surface area (Å²) >= 11 is 0. The zero-order chi connectivity index (χ0) is 31.9. The molecule has 0 aromatic rings. The van der Waals surface area contributed by atoms with Crippen LogP contribution in [0.1, 0.15) is 114 Å². The van der Waals surface area contributed by atoms with Gasteiger partial charge in [0.2, 0.25) is 0 Å². The Balaban J connectivity index is 1.56. The molecule has 0 saturated heterocycles. The summed E-state index contributed by atoms with van der Waals surface area (Å²) in [6.45, 7) is 20.0. The van der Waals surface area contributed by atoms with E-state index in [0.717, 1.165) is 44.9 Å². The smallest absolute Gasteiger partial charge is 0.299 e. The molecule has 0 N–H and O–H groups in total. The van der Waals surface area contributed by atoms with E-state index in [1.165, 1.54) is 0 Å². The highest BCUT2D eigenvalue weighted by Crippen LogP contribution is 2.76. The number of nitriles is 1. The van der Waals surface area contributed by atoms with Crippen LogP contribution in [0.5, 0.6) is 0 Å². The van der Waals surface area contributed by atoms with Crippen molar-refractivity contribution in [3.8, 4) is 6.07 Å². The number of carbonyl (C=O) groups is 2. The van der Waals surface area contributed by atoms with Crippen LogP contribution in [-0.2, 0) is 27.7 Å². The van der Waals surface area contributed by atoms with E-state index in [9.17, 15) is 19.4 Å². The summed E-state index contributed by atoms with van der Waals surface area (Å²) in [6.07, 6.45) is 8.98. The Bertz CT molecular complexity index is 1290. The molecule has 8 heteroatoms. The zero-order valence-electron chi connectivity index (χ0n) is 28.0. The maximum Gasteiger partial charge on any atom is 0.474 e. The van der Waals surface area contributed by atoms with Crippen LogP contribution in [0.3, 0.4) is 0 Å². The number of carbonyl (C=O) groups excluding carboxylic acids is 2. The van der Waals surface area contributed by atoms with Gasteiger partial charge in [-0.2, -0.15) is 5.26 Å². The van der Waals surface area contributed by atoms with Gasteiger partial charge in [-0.15, -0.1) is 0 Å². The van der Waals surface area contributed by atoms with Gasteiger partial charge < -0.3 is 0 Å². The maximum absolute atomic E-state index is 14.7. The molecule has 0 spiro atoms. The molecule has 5 rings (SSSR count). The lowest BCUT2D eigenvalue weighted by molar-refractivity contribution is -0.226. The zero-order valence-corrected chi connectivity index (χ0v) is 28.9. The maximum atomic E-state index is 14.7. The van der Waals surface area contributed by atoms with E-state index >= 15 is 0 Å². The van der Waals surface area contributed by atoms with E-state index in [-0.39, 0.29) is 76.5 Å². The summed E-state index contributed by atoms with van der Waals surface area (Å²) < 4.78 is 30.6. The molecular formula is C35H54NO6P. The minimum absolute atomic E-state index is 0.0553. The molecule has 8 atom stereocenters. The highest BCUT2D eigenvalue weighted by atomic mass is 31.2. The molecule has 0 bridgehead atoms. The minimum Gasteiger partial charge on any atom is -0.299 e. The molecule has 4 saturated carbocycles. The van der Waals surface area contributed by atoms with Crippen molar-refractivity contribution in [3.05, 3.63) is 11.6 Å². The van der Waals surface area contributed by atoms with E-state index in [1.54, 1.807) is 13.8 Å². The van der Waals surface area contributed by atoms with Crippen LogP contribution in [0.25, 0.3) is 0 Å². The third-order valence-corrected chi connectivity index (χ3v) is 15.3. The van der Waals surface area contributed by atoms with Crippen molar-refractivity contribution >= 4 is 19.4 Å². The first-order valence-corrected chi connectivity index (χ1v) is 18.1. The predicted octanol–water partition coefficient (Wildman–Crippen LogP) is 8.48. The molecule has 240 valence electrons. The first-order chi connectivity index (χ1) is 19.9. The van der Waals surface area contributed by atoms with Gasteiger partial charge >= 0.3 is 7.82 Å². The number of Topliss-reactive ketones (excluding diaryl/α,β-unsaturated/α-hetero) is 2. The van der Waals surface area contributed by atoms with E-state index in [4.69, 9.17) is 13.6 Å². The Labute approximate surface area is 259 Å². The van der Waals surface area contributed by atoms with Gasteiger partial charge in [-0.25, -0.2) is 4.57 Å². The van der Waals surface area contributed by atoms with E-state index in [1.807, 2.05) is 19.9 Å². The lowest BCUT2D eigenvalue weighted by atomic mass is 9.31. The van der Waals surface area contributed by atoms with Gasteiger partial charge in [-0.3, -0.25) is 23.2 Å². The monoisotopic (exact) mass is 615 g/mol. The molecule has 5 aliphatic rings. The SMILES string of the molecule is CCOP(=O)(OCC)OC[C@]12CCC(C)(C)CC1[C@@H]1C(=O)C[C@@H]3[C@@]4(C)C=C(C#N)C(=O)C(C)(C)[C@@H]4CC[C@@]3(C)[C@]1(C)CC2. The number of phosphoric ester groups is 1. The predicted molar refractivity (Wildman–Crippen MR) is 166 cm³/mol. The average Bonchev–Trinajstić information content (AvgIpc) is 2.91. The van der Waals surface area contributed by atoms with Crippen molar-refractivity contribution in [3.63, 3.8) is 0 Å². The van der Waals surface area contributed by atoms with Crippen LogP contribution < -0.4 is 0 Å². The second-order valence-corrected chi connectivity index (χ2v) is 18.3.